The van der Waals surface area contributed by atoms with Crippen molar-refractivity contribution in [3.8, 4) is 0 Å². The van der Waals surface area contributed by atoms with Crippen LogP contribution in [0.2, 0.25) is 0 Å². The van der Waals surface area contributed by atoms with Gasteiger partial charge in [0.25, 0.3) is 0 Å². The minimum atomic E-state index is 0.235. The van der Waals surface area contributed by atoms with Crippen molar-refractivity contribution in [1.29, 1.82) is 0 Å². The van der Waals surface area contributed by atoms with Gasteiger partial charge in [0.2, 0.25) is 0 Å². The number of nitrogens with zero attached hydrogens (tertiary/aromatic N) is 2. The summed E-state index contributed by atoms with van der Waals surface area (Å²) >= 11 is 1.72. The number of likely N-dealkylation sites (tertiary alicyclic amines) is 1. The van der Waals surface area contributed by atoms with E-state index >= 15 is 0 Å². The largest absolute Gasteiger partial charge is 0.326 e. The summed E-state index contributed by atoms with van der Waals surface area (Å²) in [6.07, 6.45) is 3.61. The Bertz CT molecular complexity index is 311. The first-order valence-corrected chi connectivity index (χ1v) is 6.44. The summed E-state index contributed by atoms with van der Waals surface area (Å²) in [5.74, 6) is 0. The van der Waals surface area contributed by atoms with Crippen molar-refractivity contribution in [1.82, 2.24) is 9.88 Å². The molecule has 15 heavy (non-hydrogen) atoms. The molecular weight excluding hydrogens is 206 g/mol. The summed E-state index contributed by atoms with van der Waals surface area (Å²) in [6, 6.07) is 0.552. The third-order valence-electron chi connectivity index (χ3n) is 3.12. The number of aryl methyl sites for hydroxylation is 1. The van der Waals surface area contributed by atoms with Crippen LogP contribution in [0.4, 0.5) is 0 Å². The van der Waals surface area contributed by atoms with Crippen LogP contribution in [0.25, 0.3) is 0 Å². The zero-order valence-electron chi connectivity index (χ0n) is 9.44. The summed E-state index contributed by atoms with van der Waals surface area (Å²) < 4.78 is 0. The molecular formula is C11H19N3S. The van der Waals surface area contributed by atoms with Gasteiger partial charge >= 0.3 is 0 Å². The van der Waals surface area contributed by atoms with Crippen LogP contribution in [0.3, 0.4) is 0 Å². The van der Waals surface area contributed by atoms with Crippen molar-refractivity contribution in [2.45, 2.75) is 38.3 Å². The van der Waals surface area contributed by atoms with Crippen LogP contribution in [0.1, 0.15) is 36.0 Å². The van der Waals surface area contributed by atoms with Gasteiger partial charge in [-0.15, -0.1) is 11.3 Å². The zero-order valence-corrected chi connectivity index (χ0v) is 10.3. The van der Waals surface area contributed by atoms with Gasteiger partial charge in [0.05, 0.1) is 16.7 Å². The average Bonchev–Trinajstić information content (AvgIpc) is 2.52. The molecule has 0 radical (unpaired) electrons. The lowest BCUT2D eigenvalue weighted by Gasteiger charge is -2.28. The maximum Gasteiger partial charge on any atom is 0.0898 e. The molecule has 0 saturated carbocycles. The Hall–Kier alpha value is -0.450. The number of hydrogen-bond donors (Lipinski definition) is 1. The first-order chi connectivity index (χ1) is 7.18. The lowest BCUT2D eigenvalue weighted by molar-refractivity contribution is 0.226. The summed E-state index contributed by atoms with van der Waals surface area (Å²) in [5.41, 5.74) is 7.40. The Balaban J connectivity index is 2.23. The van der Waals surface area contributed by atoms with Crippen molar-refractivity contribution in [2.75, 3.05) is 13.6 Å². The van der Waals surface area contributed by atoms with Gasteiger partial charge in [-0.3, -0.25) is 4.90 Å². The summed E-state index contributed by atoms with van der Waals surface area (Å²) in [6.45, 7) is 3.19. The van der Waals surface area contributed by atoms with Gasteiger partial charge < -0.3 is 5.73 Å². The second-order valence-electron chi connectivity index (χ2n) is 4.38. The standard InChI is InChI=1S/C11H19N3S/c1-8-13-10(7-15-8)11-9(12)5-3-4-6-14(11)2/h7,9,11H,3-6,12H2,1-2H3. The number of thiazole rings is 1. The molecule has 2 unspecified atom stereocenters. The van der Waals surface area contributed by atoms with E-state index < -0.39 is 0 Å². The highest BCUT2D eigenvalue weighted by Gasteiger charge is 2.27. The van der Waals surface area contributed by atoms with Crippen molar-refractivity contribution < 1.29 is 0 Å². The molecule has 4 heteroatoms. The van der Waals surface area contributed by atoms with E-state index in [0.29, 0.717) is 6.04 Å². The maximum atomic E-state index is 6.23. The van der Waals surface area contributed by atoms with Gasteiger partial charge in [0.15, 0.2) is 0 Å². The first-order valence-electron chi connectivity index (χ1n) is 5.56. The van der Waals surface area contributed by atoms with E-state index in [1.165, 1.54) is 12.8 Å². The Morgan fingerprint density at radius 2 is 2.33 bits per heavy atom. The van der Waals surface area contributed by atoms with Crippen LogP contribution in [0, 0.1) is 6.92 Å². The third kappa shape index (κ3) is 2.38. The van der Waals surface area contributed by atoms with E-state index in [9.17, 15) is 0 Å². The molecule has 1 aromatic rings. The molecule has 0 bridgehead atoms. The molecule has 1 aromatic heterocycles. The smallest absolute Gasteiger partial charge is 0.0898 e. The number of nitrogens with two attached hydrogens (primary N) is 1. The molecule has 84 valence electrons. The van der Waals surface area contributed by atoms with Gasteiger partial charge in [-0.1, -0.05) is 6.42 Å². The Labute approximate surface area is 95.3 Å². The summed E-state index contributed by atoms with van der Waals surface area (Å²) in [4.78, 5) is 6.93. The highest BCUT2D eigenvalue weighted by molar-refractivity contribution is 7.09. The average molecular weight is 225 g/mol. The Morgan fingerprint density at radius 1 is 1.53 bits per heavy atom. The van der Waals surface area contributed by atoms with Crippen LogP contribution in [0.5, 0.6) is 0 Å². The fourth-order valence-corrected chi connectivity index (χ4v) is 2.97. The highest BCUT2D eigenvalue weighted by atomic mass is 32.1. The third-order valence-corrected chi connectivity index (χ3v) is 3.91. The van der Waals surface area contributed by atoms with Gasteiger partial charge in [-0.25, -0.2) is 4.98 Å². The second-order valence-corrected chi connectivity index (χ2v) is 5.44. The molecule has 2 rings (SSSR count). The van der Waals surface area contributed by atoms with E-state index in [-0.39, 0.29) is 6.04 Å². The fourth-order valence-electron chi connectivity index (χ4n) is 2.33. The van der Waals surface area contributed by atoms with Gasteiger partial charge in [0, 0.05) is 11.4 Å². The van der Waals surface area contributed by atoms with Crippen molar-refractivity contribution in [3.63, 3.8) is 0 Å². The maximum absolute atomic E-state index is 6.23. The van der Waals surface area contributed by atoms with Gasteiger partial charge in [-0.2, -0.15) is 0 Å². The van der Waals surface area contributed by atoms with Crippen LogP contribution in [-0.2, 0) is 0 Å². The molecule has 0 aromatic carbocycles. The number of aromatic nitrogens is 1. The topological polar surface area (TPSA) is 42.1 Å². The first kappa shape index (κ1) is 11.0. The van der Waals surface area contributed by atoms with E-state index in [0.717, 1.165) is 23.7 Å². The molecule has 1 aliphatic heterocycles. The van der Waals surface area contributed by atoms with Crippen LogP contribution < -0.4 is 5.73 Å². The number of likely N-dealkylation sites (N-methyl/N-ethyl adjacent to an activating group) is 1. The molecule has 1 aliphatic rings. The normalized spacial score (nSPS) is 29.0. The number of rotatable bonds is 1. The van der Waals surface area contributed by atoms with Crippen LogP contribution in [0.15, 0.2) is 5.38 Å². The SMILES string of the molecule is Cc1nc(C2C(N)CCCCN2C)cs1. The van der Waals surface area contributed by atoms with E-state index in [1.807, 2.05) is 0 Å². The second kappa shape index (κ2) is 4.60. The predicted molar refractivity (Wildman–Crippen MR) is 64.0 cm³/mol. The fraction of sp³-hybridized carbons (Fsp3) is 0.727. The molecule has 2 N–H and O–H groups in total. The number of hydrogen-bond acceptors (Lipinski definition) is 4. The molecule has 0 spiro atoms. The lowest BCUT2D eigenvalue weighted by Crippen LogP contribution is -2.37. The summed E-state index contributed by atoms with van der Waals surface area (Å²) in [7, 11) is 2.16. The van der Waals surface area contributed by atoms with Crippen molar-refractivity contribution >= 4 is 11.3 Å². The van der Waals surface area contributed by atoms with Gasteiger partial charge in [-0.05, 0) is 33.4 Å². The van der Waals surface area contributed by atoms with Crippen LogP contribution in [-0.4, -0.2) is 29.5 Å². The molecule has 3 nitrogen and oxygen atoms in total. The molecule has 2 heterocycles. The molecule has 1 fully saturated rings. The van der Waals surface area contributed by atoms with Crippen molar-refractivity contribution in [3.05, 3.63) is 16.1 Å². The van der Waals surface area contributed by atoms with E-state index in [4.69, 9.17) is 5.73 Å². The van der Waals surface area contributed by atoms with Gasteiger partial charge in [0.1, 0.15) is 0 Å². The van der Waals surface area contributed by atoms with E-state index in [1.54, 1.807) is 11.3 Å². The molecule has 1 saturated heterocycles. The van der Waals surface area contributed by atoms with Crippen LogP contribution >= 0.6 is 11.3 Å². The highest BCUT2D eigenvalue weighted by Crippen LogP contribution is 2.28. The van der Waals surface area contributed by atoms with E-state index in [2.05, 4.69) is 29.2 Å². The van der Waals surface area contributed by atoms with Crippen molar-refractivity contribution in [2.24, 2.45) is 5.73 Å². The molecule has 0 amide bonds. The molecule has 2 atom stereocenters. The quantitative estimate of drug-likeness (QED) is 0.794. The zero-order chi connectivity index (χ0) is 10.8. The minimum absolute atomic E-state index is 0.235. The monoisotopic (exact) mass is 225 g/mol. The summed E-state index contributed by atoms with van der Waals surface area (Å²) in [5, 5.41) is 3.29. The minimum Gasteiger partial charge on any atom is -0.326 e. The Kier molecular flexibility index (Phi) is 3.38. The molecule has 0 aliphatic carbocycles. The lowest BCUT2D eigenvalue weighted by atomic mass is 10.0. The Morgan fingerprint density at radius 3 is 3.00 bits per heavy atom. The predicted octanol–water partition coefficient (Wildman–Crippen LogP) is 1.94.